The van der Waals surface area contributed by atoms with Gasteiger partial charge in [0, 0.05) is 0 Å². The zero-order chi connectivity index (χ0) is 46.2. The average molecular weight is 554 g/mol. The third kappa shape index (κ3) is 4.17. The number of hydrogen-bond donors (Lipinski definition) is 0. The van der Waals surface area contributed by atoms with Gasteiger partial charge in [0.1, 0.15) is 0 Å². The van der Waals surface area contributed by atoms with E-state index >= 15 is 0 Å². The summed E-state index contributed by atoms with van der Waals surface area (Å²) in [6.07, 6.45) is 0. The van der Waals surface area contributed by atoms with E-state index in [0.29, 0.717) is 10.9 Å². The van der Waals surface area contributed by atoms with E-state index in [1.165, 1.54) is 0 Å². The van der Waals surface area contributed by atoms with Crippen LogP contribution in [0.2, 0.25) is 0 Å². The molecule has 0 aliphatic carbocycles. The lowest BCUT2D eigenvalue weighted by Gasteiger charge is -2.18. The summed E-state index contributed by atoms with van der Waals surface area (Å²) < 4.78 is 186. The molecular weight excluding hydrogens is 504 g/mol. The van der Waals surface area contributed by atoms with Gasteiger partial charge in [0.25, 0.3) is 0 Å². The van der Waals surface area contributed by atoms with Crippen LogP contribution in [0, 0.1) is 0 Å². The normalized spacial score (nSPS) is 18.3. The fourth-order valence-corrected chi connectivity index (χ4v) is 5.01. The zero-order valence-electron chi connectivity index (χ0n) is 42.5. The van der Waals surface area contributed by atoms with Crippen LogP contribution >= 0.6 is 0 Å². The predicted octanol–water partition coefficient (Wildman–Crippen LogP) is 11.8. The highest BCUT2D eigenvalue weighted by Crippen LogP contribution is 2.44. The van der Waals surface area contributed by atoms with E-state index in [9.17, 15) is 11.0 Å². The minimum Gasteiger partial charge on any atom is -0.0622 e. The summed E-state index contributed by atoms with van der Waals surface area (Å²) in [5.74, 6) is 0. The maximum absolute atomic E-state index is 9.41. The topological polar surface area (TPSA) is 0 Å². The first-order valence-electron chi connectivity index (χ1n) is 23.3. The Kier molecular flexibility index (Phi) is 2.69. The molecule has 0 spiro atoms. The first-order chi connectivity index (χ1) is 29.6. The Balaban J connectivity index is 1.54. The standard InChI is InChI=1S/C42H28/c1-2-10-29(11-3-1)31-18-20-32(21-19-31)33-22-25-34(26-23-33)41-37-14-6-8-16-39(37)42(40-17-9-7-15-38(40)41)36-27-24-30-12-4-5-13-35(30)28-36/h1-28H/i1D,2D,3D,6D,7D,8D,9D,10D,11D,14D,15D,16D,17D,18D,19D,20D,21D,22D,23D,25D,26D. The predicted molar refractivity (Wildman–Crippen MR) is 181 cm³/mol. The molecule has 0 saturated carbocycles. The second-order valence-electron chi connectivity index (χ2n) is 9.31. The molecule has 0 fully saturated rings. The number of hydrogen-bond acceptors (Lipinski definition) is 0. The van der Waals surface area contributed by atoms with E-state index in [2.05, 4.69) is 0 Å². The Morgan fingerprint density at radius 3 is 1.24 bits per heavy atom. The minimum absolute atomic E-state index is 0.0109. The van der Waals surface area contributed by atoms with E-state index in [1.807, 2.05) is 12.1 Å². The van der Waals surface area contributed by atoms with Crippen molar-refractivity contribution < 1.29 is 28.8 Å². The third-order valence-corrected chi connectivity index (χ3v) is 6.91. The van der Waals surface area contributed by atoms with Crippen molar-refractivity contribution in [2.75, 3.05) is 0 Å². The van der Waals surface area contributed by atoms with Crippen molar-refractivity contribution in [1.29, 1.82) is 0 Å². The molecule has 0 amide bonds. The Bertz CT molecular complexity index is 3240. The quantitative estimate of drug-likeness (QED) is 0.190. The molecule has 0 heterocycles. The lowest BCUT2D eigenvalue weighted by molar-refractivity contribution is 1.59. The van der Waals surface area contributed by atoms with Crippen LogP contribution in [0.4, 0.5) is 0 Å². The molecule has 42 heavy (non-hydrogen) atoms. The van der Waals surface area contributed by atoms with Crippen molar-refractivity contribution in [2.24, 2.45) is 0 Å². The molecule has 0 saturated heterocycles. The molecule has 8 rings (SSSR count). The van der Waals surface area contributed by atoms with Gasteiger partial charge in [-0.15, -0.1) is 0 Å². The summed E-state index contributed by atoms with van der Waals surface area (Å²) in [6.45, 7) is 0. The smallest absolute Gasteiger partial charge is 0.0622 e. The zero-order valence-corrected chi connectivity index (χ0v) is 21.5. The second kappa shape index (κ2) is 10.2. The van der Waals surface area contributed by atoms with Crippen LogP contribution in [-0.4, -0.2) is 0 Å². The number of rotatable bonds is 4. The summed E-state index contributed by atoms with van der Waals surface area (Å²) in [5.41, 5.74) is -3.65. The van der Waals surface area contributed by atoms with Gasteiger partial charge in [-0.3, -0.25) is 0 Å². The summed E-state index contributed by atoms with van der Waals surface area (Å²) >= 11 is 0. The van der Waals surface area contributed by atoms with Crippen LogP contribution in [0.3, 0.4) is 0 Å². The molecule has 0 aromatic heterocycles. The first-order valence-corrected chi connectivity index (χ1v) is 12.8. The van der Waals surface area contributed by atoms with Gasteiger partial charge in [-0.1, -0.05) is 163 Å². The Labute approximate surface area is 275 Å². The van der Waals surface area contributed by atoms with E-state index in [1.54, 1.807) is 30.3 Å². The van der Waals surface area contributed by atoms with Crippen molar-refractivity contribution in [3.8, 4) is 44.5 Å². The van der Waals surface area contributed by atoms with Gasteiger partial charge in [-0.2, -0.15) is 0 Å². The molecular formula is C42H28. The van der Waals surface area contributed by atoms with Crippen LogP contribution in [-0.2, 0) is 0 Å². The van der Waals surface area contributed by atoms with Crippen LogP contribution in [0.15, 0.2) is 169 Å². The van der Waals surface area contributed by atoms with Gasteiger partial charge in [-0.05, 0) is 82.9 Å². The highest BCUT2D eigenvalue weighted by atomic mass is 14.2. The van der Waals surface area contributed by atoms with Crippen molar-refractivity contribution in [3.05, 3.63) is 169 Å². The minimum atomic E-state index is -0.955. The lowest BCUT2D eigenvalue weighted by atomic mass is 9.85. The van der Waals surface area contributed by atoms with Crippen molar-refractivity contribution in [1.82, 2.24) is 0 Å². The molecule has 0 bridgehead atoms. The first kappa shape index (κ1) is 11.1. The van der Waals surface area contributed by atoms with Crippen molar-refractivity contribution >= 4 is 32.3 Å². The van der Waals surface area contributed by atoms with Gasteiger partial charge in [0.15, 0.2) is 0 Å². The Hall–Kier alpha value is -5.46. The molecule has 0 heteroatoms. The van der Waals surface area contributed by atoms with Crippen molar-refractivity contribution in [3.63, 3.8) is 0 Å². The largest absolute Gasteiger partial charge is 0.0629 e. The maximum atomic E-state index is 9.41. The maximum Gasteiger partial charge on any atom is 0.0629 e. The van der Waals surface area contributed by atoms with Crippen molar-refractivity contribution in [2.45, 2.75) is 0 Å². The highest BCUT2D eigenvalue weighted by Gasteiger charge is 2.16. The summed E-state index contributed by atoms with van der Waals surface area (Å²) in [5, 5.41) is 0.224. The van der Waals surface area contributed by atoms with Gasteiger partial charge < -0.3 is 0 Å². The van der Waals surface area contributed by atoms with E-state index < -0.39 is 160 Å². The highest BCUT2D eigenvalue weighted by molar-refractivity contribution is 6.21. The molecule has 0 aliphatic heterocycles. The van der Waals surface area contributed by atoms with E-state index in [4.69, 9.17) is 17.8 Å². The lowest BCUT2D eigenvalue weighted by Crippen LogP contribution is -1.91. The van der Waals surface area contributed by atoms with Gasteiger partial charge in [0.2, 0.25) is 0 Å². The van der Waals surface area contributed by atoms with Crippen LogP contribution in [0.1, 0.15) is 28.8 Å². The summed E-state index contributed by atoms with van der Waals surface area (Å²) in [4.78, 5) is 0. The SMILES string of the molecule is [2H]c1c([2H])c([2H])c(-c2c([2H])c([2H])c(-c3c([2H])c([2H])c(-c4c5c([2H])c([2H])c([2H])c([2H])c5c(-c5ccc6ccccc6c5)c5c([2H])c([2H])c([2H])c([2H])c45)c([2H])c3[2H])c([2H])c2[2H])c([2H])c1[2H]. The second-order valence-corrected chi connectivity index (χ2v) is 9.31. The summed E-state index contributed by atoms with van der Waals surface area (Å²) in [7, 11) is 0. The summed E-state index contributed by atoms with van der Waals surface area (Å²) in [6, 6.07) is -4.87. The molecule has 196 valence electrons. The fourth-order valence-electron chi connectivity index (χ4n) is 5.01. The molecule has 0 nitrogen and oxygen atoms in total. The molecule has 0 N–H and O–H groups in total. The Morgan fingerprint density at radius 2 is 0.714 bits per heavy atom. The van der Waals surface area contributed by atoms with E-state index in [0.717, 1.165) is 5.39 Å². The van der Waals surface area contributed by atoms with Gasteiger partial charge in [-0.25, -0.2) is 0 Å². The fraction of sp³-hybridized carbons (Fsp3) is 0. The third-order valence-electron chi connectivity index (χ3n) is 6.91. The monoisotopic (exact) mass is 553 g/mol. The molecule has 0 aliphatic rings. The number of fused-ring (bicyclic) bond motifs is 3. The van der Waals surface area contributed by atoms with E-state index in [-0.39, 0.29) is 27.1 Å². The Morgan fingerprint density at radius 1 is 0.310 bits per heavy atom. The van der Waals surface area contributed by atoms with Crippen LogP contribution < -0.4 is 0 Å². The molecule has 8 aromatic carbocycles. The molecule has 0 atom stereocenters. The number of benzene rings is 8. The average Bonchev–Trinajstić information content (AvgIpc) is 3.27. The van der Waals surface area contributed by atoms with Gasteiger partial charge >= 0.3 is 0 Å². The van der Waals surface area contributed by atoms with Gasteiger partial charge in [0.05, 0.1) is 28.8 Å². The molecule has 0 radical (unpaired) electrons. The molecule has 8 aromatic rings. The van der Waals surface area contributed by atoms with Crippen LogP contribution in [0.5, 0.6) is 0 Å². The van der Waals surface area contributed by atoms with Crippen LogP contribution in [0.25, 0.3) is 76.8 Å². The molecule has 0 unspecified atom stereocenters.